The zero-order chi connectivity index (χ0) is 15.0. The molecule has 8 heteroatoms. The third-order valence-electron chi connectivity index (χ3n) is 3.60. The van der Waals surface area contributed by atoms with Crippen LogP contribution in [0.25, 0.3) is 0 Å². The molecule has 8 nitrogen and oxygen atoms in total. The van der Waals surface area contributed by atoms with Crippen LogP contribution in [0.1, 0.15) is 42.9 Å². The minimum absolute atomic E-state index is 0.155. The van der Waals surface area contributed by atoms with Crippen LogP contribution in [-0.4, -0.2) is 42.1 Å². The van der Waals surface area contributed by atoms with Gasteiger partial charge in [-0.05, 0) is 0 Å². The van der Waals surface area contributed by atoms with E-state index in [4.69, 9.17) is 4.52 Å². The molecule has 1 aliphatic heterocycles. The topological polar surface area (TPSA) is 108 Å². The van der Waals surface area contributed by atoms with Gasteiger partial charge in [0.2, 0.25) is 5.89 Å². The Morgan fingerprint density at radius 2 is 2.43 bits per heavy atom. The molecule has 2 aromatic heterocycles. The van der Waals surface area contributed by atoms with E-state index in [0.717, 1.165) is 11.4 Å². The number of aromatic amines is 1. The summed E-state index contributed by atoms with van der Waals surface area (Å²) in [6.45, 7) is 4.76. The van der Waals surface area contributed by atoms with Gasteiger partial charge in [0.1, 0.15) is 6.04 Å². The van der Waals surface area contributed by atoms with Gasteiger partial charge in [-0.25, -0.2) is 4.98 Å². The third kappa shape index (κ3) is 2.66. The molecule has 21 heavy (non-hydrogen) atoms. The molecule has 0 radical (unpaired) electrons. The zero-order valence-corrected chi connectivity index (χ0v) is 11.9. The number of hydrogen-bond acceptors (Lipinski definition) is 6. The van der Waals surface area contributed by atoms with Crippen molar-refractivity contribution in [2.45, 2.75) is 45.3 Å². The molecule has 1 aliphatic rings. The molecular weight excluding hydrogens is 274 g/mol. The van der Waals surface area contributed by atoms with Crippen LogP contribution in [0, 0.1) is 0 Å². The van der Waals surface area contributed by atoms with Gasteiger partial charge in [0.15, 0.2) is 5.82 Å². The molecule has 0 aliphatic carbocycles. The molecule has 0 spiro atoms. The molecule has 3 rings (SSSR count). The lowest BCUT2D eigenvalue weighted by molar-refractivity contribution is -0.144. The summed E-state index contributed by atoms with van der Waals surface area (Å²) in [4.78, 5) is 24.8. The van der Waals surface area contributed by atoms with Crippen molar-refractivity contribution in [3.8, 4) is 0 Å². The predicted octanol–water partition coefficient (Wildman–Crippen LogP) is 0.928. The maximum absolute atomic E-state index is 11.5. The maximum atomic E-state index is 11.5. The second-order valence-electron chi connectivity index (χ2n) is 5.49. The van der Waals surface area contributed by atoms with Gasteiger partial charge in [-0.3, -0.25) is 9.69 Å². The summed E-state index contributed by atoms with van der Waals surface area (Å²) in [7, 11) is 0. The number of aromatic nitrogens is 4. The summed E-state index contributed by atoms with van der Waals surface area (Å²) >= 11 is 0. The van der Waals surface area contributed by atoms with Gasteiger partial charge in [-0.1, -0.05) is 19.0 Å². The highest BCUT2D eigenvalue weighted by Crippen LogP contribution is 2.22. The second kappa shape index (κ2) is 5.28. The highest BCUT2D eigenvalue weighted by atomic mass is 16.5. The average molecular weight is 291 g/mol. The van der Waals surface area contributed by atoms with Crippen LogP contribution in [-0.2, 0) is 24.3 Å². The maximum Gasteiger partial charge on any atom is 0.321 e. The molecule has 3 heterocycles. The molecule has 0 amide bonds. The van der Waals surface area contributed by atoms with Gasteiger partial charge < -0.3 is 14.6 Å². The lowest BCUT2D eigenvalue weighted by Gasteiger charge is -2.31. The van der Waals surface area contributed by atoms with Crippen molar-refractivity contribution in [2.75, 3.05) is 0 Å². The fourth-order valence-electron chi connectivity index (χ4n) is 2.45. The van der Waals surface area contributed by atoms with E-state index < -0.39 is 12.0 Å². The Balaban J connectivity index is 1.80. The van der Waals surface area contributed by atoms with E-state index in [-0.39, 0.29) is 5.92 Å². The van der Waals surface area contributed by atoms with Crippen LogP contribution in [0.5, 0.6) is 0 Å². The standard InChI is InChI=1S/C13H17N5O3/c1-7(2)12-16-11(17-21-12)5-18-4-9-8(14-6-15-9)3-10(18)13(19)20/h6-7,10H,3-5H2,1-2H3,(H,14,15)(H,19,20)/t10-/m1/s1. The lowest BCUT2D eigenvalue weighted by Crippen LogP contribution is -2.45. The van der Waals surface area contributed by atoms with Crippen molar-refractivity contribution in [3.05, 3.63) is 29.4 Å². The van der Waals surface area contributed by atoms with Crippen molar-refractivity contribution < 1.29 is 14.4 Å². The van der Waals surface area contributed by atoms with E-state index >= 15 is 0 Å². The van der Waals surface area contributed by atoms with Gasteiger partial charge in [0.25, 0.3) is 0 Å². The highest BCUT2D eigenvalue weighted by molar-refractivity contribution is 5.74. The third-order valence-corrected chi connectivity index (χ3v) is 3.60. The minimum Gasteiger partial charge on any atom is -0.480 e. The molecule has 2 aromatic rings. The monoisotopic (exact) mass is 291 g/mol. The van der Waals surface area contributed by atoms with Crippen molar-refractivity contribution in [1.82, 2.24) is 25.0 Å². The van der Waals surface area contributed by atoms with Crippen molar-refractivity contribution in [1.29, 1.82) is 0 Å². The molecule has 112 valence electrons. The molecule has 0 unspecified atom stereocenters. The smallest absolute Gasteiger partial charge is 0.321 e. The molecular formula is C13H17N5O3. The first-order valence-electron chi connectivity index (χ1n) is 6.85. The van der Waals surface area contributed by atoms with Gasteiger partial charge in [-0.2, -0.15) is 4.98 Å². The number of carbonyl (C=O) groups is 1. The summed E-state index contributed by atoms with van der Waals surface area (Å²) in [5.74, 6) is 0.363. The SMILES string of the molecule is CC(C)c1nc(CN2Cc3[nH]cnc3C[C@@H]2C(=O)O)no1. The number of carboxylic acid groups (broad SMARTS) is 1. The molecule has 0 aromatic carbocycles. The number of aliphatic carboxylic acids is 1. The molecule has 0 fully saturated rings. The Hall–Kier alpha value is -2.22. The first-order valence-corrected chi connectivity index (χ1v) is 6.85. The summed E-state index contributed by atoms with van der Waals surface area (Å²) in [5.41, 5.74) is 1.76. The van der Waals surface area contributed by atoms with E-state index in [1.807, 2.05) is 18.7 Å². The number of rotatable bonds is 4. The lowest BCUT2D eigenvalue weighted by atomic mass is 10.0. The zero-order valence-electron chi connectivity index (χ0n) is 11.9. The van der Waals surface area contributed by atoms with Crippen LogP contribution in [0.2, 0.25) is 0 Å². The molecule has 0 saturated heterocycles. The predicted molar refractivity (Wildman–Crippen MR) is 71.3 cm³/mol. The van der Waals surface area contributed by atoms with Crippen molar-refractivity contribution in [3.63, 3.8) is 0 Å². The van der Waals surface area contributed by atoms with Crippen LogP contribution in [0.15, 0.2) is 10.9 Å². The number of nitrogens with zero attached hydrogens (tertiary/aromatic N) is 4. The number of hydrogen-bond donors (Lipinski definition) is 2. The van der Waals surface area contributed by atoms with Crippen molar-refractivity contribution >= 4 is 5.97 Å². The Labute approximate surface area is 121 Å². The van der Waals surface area contributed by atoms with E-state index in [1.54, 1.807) is 6.33 Å². The Morgan fingerprint density at radius 3 is 3.10 bits per heavy atom. The van der Waals surface area contributed by atoms with Crippen LogP contribution in [0.4, 0.5) is 0 Å². The first-order chi connectivity index (χ1) is 10.0. The summed E-state index contributed by atoms with van der Waals surface area (Å²) in [5, 5.41) is 13.3. The van der Waals surface area contributed by atoms with E-state index in [1.165, 1.54) is 0 Å². The van der Waals surface area contributed by atoms with Gasteiger partial charge in [0, 0.05) is 18.9 Å². The summed E-state index contributed by atoms with van der Waals surface area (Å²) in [6, 6.07) is -0.623. The van der Waals surface area contributed by atoms with Gasteiger partial charge >= 0.3 is 5.97 Å². The Kier molecular flexibility index (Phi) is 3.46. The van der Waals surface area contributed by atoms with E-state index in [0.29, 0.717) is 31.2 Å². The highest BCUT2D eigenvalue weighted by Gasteiger charge is 2.33. The molecule has 0 saturated carbocycles. The van der Waals surface area contributed by atoms with Crippen molar-refractivity contribution in [2.24, 2.45) is 0 Å². The fourth-order valence-corrected chi connectivity index (χ4v) is 2.45. The second-order valence-corrected chi connectivity index (χ2v) is 5.49. The normalized spacial score (nSPS) is 18.9. The molecule has 0 bridgehead atoms. The largest absolute Gasteiger partial charge is 0.480 e. The summed E-state index contributed by atoms with van der Waals surface area (Å²) in [6.07, 6.45) is 1.97. The molecule has 1 atom stereocenters. The van der Waals surface area contributed by atoms with Crippen LogP contribution in [0.3, 0.4) is 0 Å². The number of H-pyrrole nitrogens is 1. The summed E-state index contributed by atoms with van der Waals surface area (Å²) < 4.78 is 5.16. The Morgan fingerprint density at radius 1 is 1.62 bits per heavy atom. The van der Waals surface area contributed by atoms with E-state index in [2.05, 4.69) is 20.1 Å². The quantitative estimate of drug-likeness (QED) is 0.862. The van der Waals surface area contributed by atoms with Gasteiger partial charge in [-0.15, -0.1) is 0 Å². The molecule has 2 N–H and O–H groups in total. The number of carboxylic acids is 1. The van der Waals surface area contributed by atoms with Crippen LogP contribution < -0.4 is 0 Å². The Bertz CT molecular complexity index is 648. The number of fused-ring (bicyclic) bond motifs is 1. The average Bonchev–Trinajstić information content (AvgIpc) is 3.05. The van der Waals surface area contributed by atoms with Crippen LogP contribution >= 0.6 is 0 Å². The first kappa shape index (κ1) is 13.7. The minimum atomic E-state index is -0.865. The number of nitrogens with one attached hydrogen (secondary N) is 1. The number of imidazole rings is 1. The van der Waals surface area contributed by atoms with E-state index in [9.17, 15) is 9.90 Å². The fraction of sp³-hybridized carbons (Fsp3) is 0.538. The van der Waals surface area contributed by atoms with Gasteiger partial charge in [0.05, 0.1) is 24.3 Å².